The van der Waals surface area contributed by atoms with Crippen LogP contribution in [0.5, 0.6) is 0 Å². The first-order chi connectivity index (χ1) is 6.40. The van der Waals surface area contributed by atoms with E-state index in [9.17, 15) is 18.0 Å². The third-order valence-corrected chi connectivity index (χ3v) is 1.92. The highest BCUT2D eigenvalue weighted by molar-refractivity contribution is 6.17. The molecule has 0 saturated heterocycles. The van der Waals surface area contributed by atoms with Crippen molar-refractivity contribution in [3.63, 3.8) is 0 Å². The molecule has 0 aliphatic heterocycles. The first-order valence-corrected chi connectivity index (χ1v) is 4.84. The maximum Gasteiger partial charge on any atom is 0.397 e. The molecule has 0 aliphatic carbocycles. The molecule has 14 heavy (non-hydrogen) atoms. The first-order valence-electron chi connectivity index (χ1n) is 4.31. The van der Waals surface area contributed by atoms with Gasteiger partial charge in [-0.15, -0.1) is 11.6 Å². The number of amides is 1. The topological polar surface area (TPSA) is 20.3 Å². The lowest BCUT2D eigenvalue weighted by Crippen LogP contribution is -2.35. The van der Waals surface area contributed by atoms with Gasteiger partial charge in [-0.25, -0.2) is 0 Å². The third-order valence-electron chi connectivity index (χ3n) is 1.65. The first kappa shape index (κ1) is 13.5. The van der Waals surface area contributed by atoms with Crippen LogP contribution in [-0.2, 0) is 4.79 Å². The highest BCUT2D eigenvalue weighted by Crippen LogP contribution is 2.20. The molecule has 6 heteroatoms. The lowest BCUT2D eigenvalue weighted by molar-refractivity contribution is -0.161. The number of alkyl halides is 4. The highest BCUT2D eigenvalue weighted by atomic mass is 35.5. The second-order valence-corrected chi connectivity index (χ2v) is 3.19. The van der Waals surface area contributed by atoms with Crippen molar-refractivity contribution < 1.29 is 18.0 Å². The molecular formula is C8H13ClF3NO. The number of halogens is 4. The Bertz CT molecular complexity index is 184. The van der Waals surface area contributed by atoms with Gasteiger partial charge < -0.3 is 4.90 Å². The second-order valence-electron chi connectivity index (χ2n) is 2.81. The summed E-state index contributed by atoms with van der Waals surface area (Å²) in [6.45, 7) is 2.21. The van der Waals surface area contributed by atoms with Crippen LogP contribution in [0.1, 0.15) is 19.8 Å². The normalized spacial score (nSPS) is 11.5. The highest BCUT2D eigenvalue weighted by Gasteiger charge is 2.32. The number of hydrogen-bond donors (Lipinski definition) is 0. The minimum absolute atomic E-state index is 0.284. The standard InChI is InChI=1S/C8H13ClF3NO/c1-2-13(5-3-4-9)7(14)6-8(10,11)12/h2-6H2,1H3. The van der Waals surface area contributed by atoms with Crippen LogP contribution in [0.2, 0.25) is 0 Å². The fourth-order valence-electron chi connectivity index (χ4n) is 0.993. The Hall–Kier alpha value is -0.450. The number of nitrogens with zero attached hydrogens (tertiary/aromatic N) is 1. The SMILES string of the molecule is CCN(CCCCl)C(=O)CC(F)(F)F. The number of carbonyl (C=O) groups is 1. The summed E-state index contributed by atoms with van der Waals surface area (Å²) >= 11 is 5.38. The summed E-state index contributed by atoms with van der Waals surface area (Å²) < 4.78 is 35.6. The quantitative estimate of drug-likeness (QED) is 0.666. The summed E-state index contributed by atoms with van der Waals surface area (Å²) in [4.78, 5) is 12.2. The van der Waals surface area contributed by atoms with Crippen LogP contribution in [-0.4, -0.2) is 36.0 Å². The van der Waals surface area contributed by atoms with E-state index < -0.39 is 18.5 Å². The van der Waals surface area contributed by atoms with E-state index in [1.165, 1.54) is 0 Å². The van der Waals surface area contributed by atoms with Crippen LogP contribution in [0.4, 0.5) is 13.2 Å². The van der Waals surface area contributed by atoms with Gasteiger partial charge in [0.05, 0.1) is 0 Å². The molecule has 0 fully saturated rings. The van der Waals surface area contributed by atoms with Crippen LogP contribution in [0.25, 0.3) is 0 Å². The Balaban J connectivity index is 4.04. The van der Waals surface area contributed by atoms with Gasteiger partial charge in [0.25, 0.3) is 0 Å². The molecule has 0 N–H and O–H groups in total. The van der Waals surface area contributed by atoms with Crippen molar-refractivity contribution in [2.75, 3.05) is 19.0 Å². The number of carbonyl (C=O) groups excluding carboxylic acids is 1. The summed E-state index contributed by atoms with van der Waals surface area (Å²) in [7, 11) is 0. The zero-order valence-corrected chi connectivity index (χ0v) is 8.66. The van der Waals surface area contributed by atoms with Gasteiger partial charge in [0.2, 0.25) is 5.91 Å². The van der Waals surface area contributed by atoms with Gasteiger partial charge in [0.15, 0.2) is 0 Å². The van der Waals surface area contributed by atoms with Crippen LogP contribution in [0.15, 0.2) is 0 Å². The second kappa shape index (κ2) is 6.11. The predicted octanol–water partition coefficient (Wildman–Crippen LogP) is 2.42. The number of hydrogen-bond acceptors (Lipinski definition) is 1. The van der Waals surface area contributed by atoms with Crippen molar-refractivity contribution in [1.82, 2.24) is 4.90 Å². The summed E-state index contributed by atoms with van der Waals surface area (Å²) in [5, 5.41) is 0. The molecule has 0 radical (unpaired) electrons. The molecule has 1 amide bonds. The van der Waals surface area contributed by atoms with E-state index >= 15 is 0 Å². The molecule has 2 nitrogen and oxygen atoms in total. The van der Waals surface area contributed by atoms with Crippen molar-refractivity contribution >= 4 is 17.5 Å². The molecule has 0 aliphatic rings. The molecule has 0 aromatic carbocycles. The van der Waals surface area contributed by atoms with E-state index in [0.29, 0.717) is 12.3 Å². The molecule has 0 unspecified atom stereocenters. The lowest BCUT2D eigenvalue weighted by atomic mass is 10.3. The van der Waals surface area contributed by atoms with E-state index in [0.717, 1.165) is 4.90 Å². The number of rotatable bonds is 5. The van der Waals surface area contributed by atoms with Crippen LogP contribution in [0, 0.1) is 0 Å². The smallest absolute Gasteiger partial charge is 0.343 e. The maximum atomic E-state index is 11.9. The summed E-state index contributed by atoms with van der Waals surface area (Å²) in [5.74, 6) is -0.541. The average Bonchev–Trinajstić information content (AvgIpc) is 2.02. The predicted molar refractivity (Wildman–Crippen MR) is 48.3 cm³/mol. The Morgan fingerprint density at radius 1 is 1.43 bits per heavy atom. The van der Waals surface area contributed by atoms with E-state index in [1.54, 1.807) is 6.92 Å². The van der Waals surface area contributed by atoms with Crippen molar-refractivity contribution in [1.29, 1.82) is 0 Å². The fourth-order valence-corrected chi connectivity index (χ4v) is 1.11. The Morgan fingerprint density at radius 3 is 2.36 bits per heavy atom. The van der Waals surface area contributed by atoms with Gasteiger partial charge in [-0.3, -0.25) is 4.79 Å². The van der Waals surface area contributed by atoms with Gasteiger partial charge in [0, 0.05) is 19.0 Å². The van der Waals surface area contributed by atoms with Crippen LogP contribution in [0.3, 0.4) is 0 Å². The van der Waals surface area contributed by atoms with Crippen molar-refractivity contribution in [2.45, 2.75) is 25.9 Å². The molecule has 84 valence electrons. The zero-order chi connectivity index (χ0) is 11.2. The van der Waals surface area contributed by atoms with E-state index in [4.69, 9.17) is 11.6 Å². The maximum absolute atomic E-state index is 11.9. The molecule has 0 saturated carbocycles. The Morgan fingerprint density at radius 2 is 2.00 bits per heavy atom. The van der Waals surface area contributed by atoms with E-state index in [-0.39, 0.29) is 13.1 Å². The van der Waals surface area contributed by atoms with Gasteiger partial charge >= 0.3 is 6.18 Å². The van der Waals surface area contributed by atoms with Crippen molar-refractivity contribution in [3.8, 4) is 0 Å². The van der Waals surface area contributed by atoms with Gasteiger partial charge in [-0.1, -0.05) is 0 Å². The van der Waals surface area contributed by atoms with Gasteiger partial charge in [-0.2, -0.15) is 13.2 Å². The van der Waals surface area contributed by atoms with Crippen molar-refractivity contribution in [3.05, 3.63) is 0 Å². The molecule has 0 spiro atoms. The van der Waals surface area contributed by atoms with E-state index in [2.05, 4.69) is 0 Å². The summed E-state index contributed by atoms with van der Waals surface area (Å²) in [5.41, 5.74) is 0. The Kier molecular flexibility index (Phi) is 5.92. The van der Waals surface area contributed by atoms with Crippen LogP contribution < -0.4 is 0 Å². The molecule has 0 heterocycles. The minimum Gasteiger partial charge on any atom is -0.343 e. The zero-order valence-electron chi connectivity index (χ0n) is 7.90. The lowest BCUT2D eigenvalue weighted by Gasteiger charge is -2.20. The molecule has 0 aromatic heterocycles. The average molecular weight is 232 g/mol. The monoisotopic (exact) mass is 231 g/mol. The van der Waals surface area contributed by atoms with E-state index in [1.807, 2.05) is 0 Å². The van der Waals surface area contributed by atoms with Crippen LogP contribution >= 0.6 is 11.6 Å². The third kappa shape index (κ3) is 6.07. The molecule has 0 bridgehead atoms. The largest absolute Gasteiger partial charge is 0.397 e. The molecule has 0 aromatic rings. The van der Waals surface area contributed by atoms with Crippen molar-refractivity contribution in [2.24, 2.45) is 0 Å². The molecular weight excluding hydrogens is 219 g/mol. The summed E-state index contributed by atoms with van der Waals surface area (Å²) in [6, 6.07) is 0. The van der Waals surface area contributed by atoms with Gasteiger partial charge in [-0.05, 0) is 13.3 Å². The fraction of sp³-hybridized carbons (Fsp3) is 0.875. The van der Waals surface area contributed by atoms with Gasteiger partial charge in [0.1, 0.15) is 6.42 Å². The Labute approximate surface area is 86.0 Å². The molecule has 0 atom stereocenters. The molecule has 0 rings (SSSR count). The minimum atomic E-state index is -4.43. The summed E-state index contributed by atoms with van der Waals surface area (Å²) in [6.07, 6.45) is -5.30.